The topological polar surface area (TPSA) is 58.4 Å². The van der Waals surface area contributed by atoms with Crippen LogP contribution < -0.4 is 16.0 Å². The van der Waals surface area contributed by atoms with Crippen molar-refractivity contribution in [2.75, 3.05) is 30.8 Å². The summed E-state index contributed by atoms with van der Waals surface area (Å²) in [6.07, 6.45) is 3.52. The highest BCUT2D eigenvalue weighted by Crippen LogP contribution is 2.29. The van der Waals surface area contributed by atoms with E-state index in [4.69, 9.17) is 5.73 Å². The van der Waals surface area contributed by atoms with Gasteiger partial charge < -0.3 is 16.0 Å². The van der Waals surface area contributed by atoms with Gasteiger partial charge in [-0.2, -0.15) is 0 Å². The van der Waals surface area contributed by atoms with Gasteiger partial charge in [-0.1, -0.05) is 0 Å². The standard InChI is InChI=1S/C14H21N3O/c1-16-8-2-3-9-17-13-6-5-12(15)10-11(13)4-7-14(17)18/h5-6,10,16H,2-4,7-9,15H2,1H3. The number of unbranched alkanes of at least 4 members (excludes halogenated alkanes) is 1. The molecule has 0 saturated carbocycles. The fourth-order valence-corrected chi connectivity index (χ4v) is 2.40. The molecule has 1 amide bonds. The second-order valence-electron chi connectivity index (χ2n) is 4.74. The first-order valence-corrected chi connectivity index (χ1v) is 6.55. The van der Waals surface area contributed by atoms with Gasteiger partial charge in [-0.05, 0) is 56.6 Å². The summed E-state index contributed by atoms with van der Waals surface area (Å²) in [6.45, 7) is 1.80. The van der Waals surface area contributed by atoms with E-state index in [9.17, 15) is 4.79 Å². The van der Waals surface area contributed by atoms with Crippen molar-refractivity contribution in [3.05, 3.63) is 23.8 Å². The van der Waals surface area contributed by atoms with Crippen molar-refractivity contribution >= 4 is 17.3 Å². The van der Waals surface area contributed by atoms with Gasteiger partial charge in [0.15, 0.2) is 0 Å². The largest absolute Gasteiger partial charge is 0.399 e. The molecule has 0 fully saturated rings. The number of anilines is 2. The number of carbonyl (C=O) groups is 1. The average molecular weight is 247 g/mol. The Labute approximate surface area is 108 Å². The van der Waals surface area contributed by atoms with Crippen molar-refractivity contribution in [3.8, 4) is 0 Å². The van der Waals surface area contributed by atoms with Gasteiger partial charge in [0.1, 0.15) is 0 Å². The molecule has 0 aromatic heterocycles. The predicted molar refractivity (Wildman–Crippen MR) is 74.7 cm³/mol. The van der Waals surface area contributed by atoms with E-state index in [1.807, 2.05) is 30.1 Å². The van der Waals surface area contributed by atoms with Crippen molar-refractivity contribution < 1.29 is 4.79 Å². The molecular weight excluding hydrogens is 226 g/mol. The van der Waals surface area contributed by atoms with Crippen molar-refractivity contribution in [1.29, 1.82) is 0 Å². The fraction of sp³-hybridized carbons (Fsp3) is 0.500. The highest BCUT2D eigenvalue weighted by Gasteiger charge is 2.23. The number of carbonyl (C=O) groups excluding carboxylic acids is 1. The van der Waals surface area contributed by atoms with Crippen LogP contribution in [0.5, 0.6) is 0 Å². The zero-order chi connectivity index (χ0) is 13.0. The summed E-state index contributed by atoms with van der Waals surface area (Å²) in [6, 6.07) is 5.83. The van der Waals surface area contributed by atoms with Crippen LogP contribution in [0, 0.1) is 0 Å². The number of benzene rings is 1. The molecule has 0 unspecified atom stereocenters. The number of fused-ring (bicyclic) bond motifs is 1. The average Bonchev–Trinajstić information content (AvgIpc) is 2.37. The lowest BCUT2D eigenvalue weighted by Crippen LogP contribution is -2.36. The lowest BCUT2D eigenvalue weighted by atomic mass is 10.00. The molecule has 1 aromatic carbocycles. The summed E-state index contributed by atoms with van der Waals surface area (Å²) >= 11 is 0. The van der Waals surface area contributed by atoms with Crippen LogP contribution in [-0.2, 0) is 11.2 Å². The molecule has 0 atom stereocenters. The van der Waals surface area contributed by atoms with Crippen molar-refractivity contribution in [2.24, 2.45) is 0 Å². The number of nitrogen functional groups attached to an aromatic ring is 1. The first-order valence-electron chi connectivity index (χ1n) is 6.55. The first kappa shape index (κ1) is 12.9. The summed E-state index contributed by atoms with van der Waals surface area (Å²) in [7, 11) is 1.95. The summed E-state index contributed by atoms with van der Waals surface area (Å²) in [5, 5.41) is 3.12. The van der Waals surface area contributed by atoms with Crippen LogP contribution in [-0.4, -0.2) is 26.0 Å². The van der Waals surface area contributed by atoms with Crippen LogP contribution in [0.3, 0.4) is 0 Å². The van der Waals surface area contributed by atoms with Gasteiger partial charge in [0.2, 0.25) is 5.91 Å². The second kappa shape index (κ2) is 5.87. The van der Waals surface area contributed by atoms with E-state index >= 15 is 0 Å². The molecule has 98 valence electrons. The van der Waals surface area contributed by atoms with Crippen molar-refractivity contribution in [3.63, 3.8) is 0 Å². The third-order valence-electron chi connectivity index (χ3n) is 3.36. The Morgan fingerprint density at radius 1 is 1.33 bits per heavy atom. The molecule has 1 aliphatic heterocycles. The van der Waals surface area contributed by atoms with Gasteiger partial charge in [0.25, 0.3) is 0 Å². The van der Waals surface area contributed by atoms with Gasteiger partial charge in [-0.15, -0.1) is 0 Å². The molecule has 4 nitrogen and oxygen atoms in total. The summed E-state index contributed by atoms with van der Waals surface area (Å²) in [5.41, 5.74) is 8.81. The molecule has 4 heteroatoms. The molecule has 3 N–H and O–H groups in total. The number of nitrogens with zero attached hydrogens (tertiary/aromatic N) is 1. The maximum Gasteiger partial charge on any atom is 0.227 e. The highest BCUT2D eigenvalue weighted by atomic mass is 16.2. The Bertz CT molecular complexity index is 431. The van der Waals surface area contributed by atoms with Crippen LogP contribution in [0.1, 0.15) is 24.8 Å². The van der Waals surface area contributed by atoms with Crippen LogP contribution >= 0.6 is 0 Å². The molecule has 1 aromatic rings. The van der Waals surface area contributed by atoms with Crippen LogP contribution in [0.2, 0.25) is 0 Å². The summed E-state index contributed by atoms with van der Waals surface area (Å²) in [4.78, 5) is 13.9. The number of hydrogen-bond donors (Lipinski definition) is 2. The Hall–Kier alpha value is -1.55. The van der Waals surface area contributed by atoms with Crippen LogP contribution in [0.4, 0.5) is 11.4 Å². The number of aryl methyl sites for hydroxylation is 1. The molecular formula is C14H21N3O. The maximum atomic E-state index is 12.0. The highest BCUT2D eigenvalue weighted by molar-refractivity contribution is 5.96. The quantitative estimate of drug-likeness (QED) is 0.613. The minimum absolute atomic E-state index is 0.233. The first-order chi connectivity index (χ1) is 8.72. The van der Waals surface area contributed by atoms with Gasteiger partial charge in [-0.25, -0.2) is 0 Å². The summed E-state index contributed by atoms with van der Waals surface area (Å²) in [5.74, 6) is 0.233. The zero-order valence-electron chi connectivity index (χ0n) is 10.9. The third kappa shape index (κ3) is 2.82. The van der Waals surface area contributed by atoms with Crippen molar-refractivity contribution in [2.45, 2.75) is 25.7 Å². The normalized spacial score (nSPS) is 14.7. The van der Waals surface area contributed by atoms with Gasteiger partial charge in [0.05, 0.1) is 0 Å². The second-order valence-corrected chi connectivity index (χ2v) is 4.74. The smallest absolute Gasteiger partial charge is 0.227 e. The predicted octanol–water partition coefficient (Wildman–Crippen LogP) is 1.55. The molecule has 1 aliphatic rings. The number of hydrogen-bond acceptors (Lipinski definition) is 3. The molecule has 0 radical (unpaired) electrons. The van der Waals surface area contributed by atoms with Gasteiger partial charge in [0, 0.05) is 24.3 Å². The van der Waals surface area contributed by atoms with E-state index in [0.29, 0.717) is 6.42 Å². The summed E-state index contributed by atoms with van der Waals surface area (Å²) < 4.78 is 0. The van der Waals surface area contributed by atoms with Gasteiger partial charge >= 0.3 is 0 Å². The molecule has 0 saturated heterocycles. The SMILES string of the molecule is CNCCCCN1C(=O)CCc2cc(N)ccc21. The minimum Gasteiger partial charge on any atom is -0.399 e. The van der Waals surface area contributed by atoms with Crippen molar-refractivity contribution in [1.82, 2.24) is 5.32 Å². The molecule has 2 rings (SSSR count). The monoisotopic (exact) mass is 247 g/mol. The lowest BCUT2D eigenvalue weighted by molar-refractivity contribution is -0.118. The molecule has 18 heavy (non-hydrogen) atoms. The molecule has 0 aliphatic carbocycles. The van der Waals surface area contributed by atoms with E-state index in [1.54, 1.807) is 0 Å². The Balaban J connectivity index is 2.08. The van der Waals surface area contributed by atoms with Crippen LogP contribution in [0.25, 0.3) is 0 Å². The maximum absolute atomic E-state index is 12.0. The van der Waals surface area contributed by atoms with Crippen LogP contribution in [0.15, 0.2) is 18.2 Å². The van der Waals surface area contributed by atoms with E-state index in [-0.39, 0.29) is 5.91 Å². The lowest BCUT2D eigenvalue weighted by Gasteiger charge is -2.29. The third-order valence-corrected chi connectivity index (χ3v) is 3.36. The number of nitrogens with two attached hydrogens (primary N) is 1. The number of amides is 1. The molecule has 0 spiro atoms. The number of rotatable bonds is 5. The minimum atomic E-state index is 0.233. The van der Waals surface area contributed by atoms with E-state index < -0.39 is 0 Å². The molecule has 1 heterocycles. The van der Waals surface area contributed by atoms with E-state index in [0.717, 1.165) is 43.7 Å². The molecule has 0 bridgehead atoms. The van der Waals surface area contributed by atoms with Gasteiger partial charge in [-0.3, -0.25) is 4.79 Å². The van der Waals surface area contributed by atoms with E-state index in [1.165, 1.54) is 5.56 Å². The fourth-order valence-electron chi connectivity index (χ4n) is 2.40. The Morgan fingerprint density at radius 2 is 2.17 bits per heavy atom. The zero-order valence-corrected chi connectivity index (χ0v) is 10.9. The Morgan fingerprint density at radius 3 is 2.94 bits per heavy atom. The number of nitrogens with one attached hydrogen (secondary N) is 1. The van der Waals surface area contributed by atoms with E-state index in [2.05, 4.69) is 5.32 Å². The Kier molecular flexibility index (Phi) is 4.20.